The zero-order chi connectivity index (χ0) is 13.8. The van der Waals surface area contributed by atoms with Gasteiger partial charge in [0.2, 0.25) is 5.91 Å². The number of benzene rings is 1. The predicted octanol–water partition coefficient (Wildman–Crippen LogP) is 2.23. The number of hydrogen-bond acceptors (Lipinski definition) is 2. The number of carbonyl (C=O) groups excluding carboxylic acids is 1. The number of nitrogens with zero attached hydrogens (tertiary/aromatic N) is 1. The highest BCUT2D eigenvalue weighted by Gasteiger charge is 2.21. The molecule has 1 aromatic carbocycles. The molecule has 0 radical (unpaired) electrons. The molecule has 104 valence electrons. The minimum Gasteiger partial charge on any atom is -0.341 e. The molecule has 1 aliphatic heterocycles. The van der Waals surface area contributed by atoms with Gasteiger partial charge in [-0.25, -0.2) is 4.39 Å². The number of aryl methyl sites for hydroxylation is 1. The average Bonchev–Trinajstić information content (AvgIpc) is 2.77. The van der Waals surface area contributed by atoms with Crippen molar-refractivity contribution in [2.45, 2.75) is 39.3 Å². The fourth-order valence-corrected chi connectivity index (χ4v) is 2.33. The maximum Gasteiger partial charge on any atom is 0.222 e. The number of amides is 1. The molecule has 1 heterocycles. The first kappa shape index (κ1) is 14.0. The molecule has 0 spiro atoms. The van der Waals surface area contributed by atoms with Crippen LogP contribution in [0.1, 0.15) is 30.9 Å². The summed E-state index contributed by atoms with van der Waals surface area (Å²) in [5.74, 6) is 0.0803. The minimum absolute atomic E-state index is 0.165. The van der Waals surface area contributed by atoms with Gasteiger partial charge in [-0.05, 0) is 37.5 Å². The largest absolute Gasteiger partial charge is 0.341 e. The number of halogens is 1. The molecule has 1 amide bonds. The predicted molar refractivity (Wildman–Crippen MR) is 73.3 cm³/mol. The minimum atomic E-state index is -0.165. The van der Waals surface area contributed by atoms with Crippen LogP contribution < -0.4 is 5.32 Å². The van der Waals surface area contributed by atoms with E-state index in [4.69, 9.17) is 0 Å². The molecular formula is C15H21FN2O. The van der Waals surface area contributed by atoms with Crippen molar-refractivity contribution in [3.63, 3.8) is 0 Å². The Morgan fingerprint density at radius 1 is 1.47 bits per heavy atom. The van der Waals surface area contributed by atoms with Gasteiger partial charge in [0.15, 0.2) is 0 Å². The molecule has 0 aromatic heterocycles. The second-order valence-corrected chi connectivity index (χ2v) is 5.31. The first-order valence-electron chi connectivity index (χ1n) is 6.82. The molecule has 0 aliphatic carbocycles. The SMILES string of the molecule is Cc1ccc(CNC(C)CN2CCCC2=O)cc1F. The molecule has 1 saturated heterocycles. The lowest BCUT2D eigenvalue weighted by molar-refractivity contribution is -0.127. The highest BCUT2D eigenvalue weighted by molar-refractivity contribution is 5.78. The van der Waals surface area contributed by atoms with Crippen molar-refractivity contribution in [3.8, 4) is 0 Å². The third kappa shape index (κ3) is 3.77. The molecule has 2 rings (SSSR count). The number of likely N-dealkylation sites (tertiary alicyclic amines) is 1. The van der Waals surface area contributed by atoms with E-state index >= 15 is 0 Å². The molecule has 1 atom stereocenters. The summed E-state index contributed by atoms with van der Waals surface area (Å²) in [6.07, 6.45) is 1.64. The van der Waals surface area contributed by atoms with E-state index in [-0.39, 0.29) is 17.8 Å². The van der Waals surface area contributed by atoms with Crippen molar-refractivity contribution in [1.29, 1.82) is 0 Å². The van der Waals surface area contributed by atoms with Crippen molar-refractivity contribution in [2.75, 3.05) is 13.1 Å². The third-order valence-corrected chi connectivity index (χ3v) is 3.56. The van der Waals surface area contributed by atoms with Gasteiger partial charge in [-0.2, -0.15) is 0 Å². The van der Waals surface area contributed by atoms with Crippen molar-refractivity contribution in [3.05, 3.63) is 35.1 Å². The molecule has 0 saturated carbocycles. The second kappa shape index (κ2) is 6.15. The molecular weight excluding hydrogens is 243 g/mol. The molecule has 0 bridgehead atoms. The average molecular weight is 264 g/mol. The monoisotopic (exact) mass is 264 g/mol. The van der Waals surface area contributed by atoms with Crippen LogP contribution in [0.4, 0.5) is 4.39 Å². The van der Waals surface area contributed by atoms with Crippen LogP contribution in [0.15, 0.2) is 18.2 Å². The van der Waals surface area contributed by atoms with Gasteiger partial charge in [-0.15, -0.1) is 0 Å². The molecule has 19 heavy (non-hydrogen) atoms. The molecule has 1 aliphatic rings. The van der Waals surface area contributed by atoms with Crippen molar-refractivity contribution < 1.29 is 9.18 Å². The van der Waals surface area contributed by atoms with E-state index < -0.39 is 0 Å². The highest BCUT2D eigenvalue weighted by atomic mass is 19.1. The normalized spacial score (nSPS) is 17.0. The zero-order valence-corrected chi connectivity index (χ0v) is 11.6. The summed E-state index contributed by atoms with van der Waals surface area (Å²) in [6, 6.07) is 5.50. The Bertz CT molecular complexity index is 461. The van der Waals surface area contributed by atoms with Gasteiger partial charge in [0.25, 0.3) is 0 Å². The molecule has 3 nitrogen and oxygen atoms in total. The number of carbonyl (C=O) groups is 1. The van der Waals surface area contributed by atoms with Gasteiger partial charge < -0.3 is 10.2 Å². The van der Waals surface area contributed by atoms with E-state index in [9.17, 15) is 9.18 Å². The topological polar surface area (TPSA) is 32.3 Å². The van der Waals surface area contributed by atoms with Crippen LogP contribution in [0.2, 0.25) is 0 Å². The van der Waals surface area contributed by atoms with Crippen LogP contribution >= 0.6 is 0 Å². The lowest BCUT2D eigenvalue weighted by Crippen LogP contribution is -2.39. The van der Waals surface area contributed by atoms with Gasteiger partial charge >= 0.3 is 0 Å². The van der Waals surface area contributed by atoms with Crippen molar-refractivity contribution in [1.82, 2.24) is 10.2 Å². The molecule has 1 aromatic rings. The van der Waals surface area contributed by atoms with Crippen molar-refractivity contribution in [2.24, 2.45) is 0 Å². The van der Waals surface area contributed by atoms with Gasteiger partial charge in [0.05, 0.1) is 0 Å². The Hall–Kier alpha value is -1.42. The van der Waals surface area contributed by atoms with Crippen LogP contribution in [0.25, 0.3) is 0 Å². The standard InChI is InChI=1S/C15H21FN2O/c1-11-5-6-13(8-14(11)16)9-17-12(2)10-18-7-3-4-15(18)19/h5-6,8,12,17H,3-4,7,9-10H2,1-2H3. The fraction of sp³-hybridized carbons (Fsp3) is 0.533. The first-order valence-corrected chi connectivity index (χ1v) is 6.82. The molecule has 1 fully saturated rings. The Labute approximate surface area is 113 Å². The summed E-state index contributed by atoms with van der Waals surface area (Å²) in [6.45, 7) is 6.03. The summed E-state index contributed by atoms with van der Waals surface area (Å²) in [7, 11) is 0. The van der Waals surface area contributed by atoms with Crippen molar-refractivity contribution >= 4 is 5.91 Å². The Balaban J connectivity index is 1.81. The van der Waals surface area contributed by atoms with E-state index in [0.29, 0.717) is 18.5 Å². The van der Waals surface area contributed by atoms with E-state index in [1.54, 1.807) is 19.1 Å². The number of rotatable bonds is 5. The quantitative estimate of drug-likeness (QED) is 0.884. The van der Waals surface area contributed by atoms with Gasteiger partial charge in [0.1, 0.15) is 5.82 Å². The number of hydrogen-bond donors (Lipinski definition) is 1. The first-order chi connectivity index (χ1) is 9.06. The Morgan fingerprint density at radius 2 is 2.26 bits per heavy atom. The fourth-order valence-electron chi connectivity index (χ4n) is 2.33. The van der Waals surface area contributed by atoms with Crippen LogP contribution in [0.5, 0.6) is 0 Å². The molecule has 1 unspecified atom stereocenters. The summed E-state index contributed by atoms with van der Waals surface area (Å²) in [5.41, 5.74) is 1.60. The van der Waals surface area contributed by atoms with Gasteiger partial charge in [0, 0.05) is 32.1 Å². The molecule has 1 N–H and O–H groups in total. The Morgan fingerprint density at radius 3 is 2.89 bits per heavy atom. The van der Waals surface area contributed by atoms with Crippen LogP contribution in [-0.4, -0.2) is 29.9 Å². The van der Waals surface area contributed by atoms with Gasteiger partial charge in [-0.3, -0.25) is 4.79 Å². The lowest BCUT2D eigenvalue weighted by atomic mass is 10.1. The van der Waals surface area contributed by atoms with Crippen LogP contribution in [-0.2, 0) is 11.3 Å². The zero-order valence-electron chi connectivity index (χ0n) is 11.6. The van der Waals surface area contributed by atoms with E-state index in [2.05, 4.69) is 12.2 Å². The highest BCUT2D eigenvalue weighted by Crippen LogP contribution is 2.11. The van der Waals surface area contributed by atoms with E-state index in [1.807, 2.05) is 11.0 Å². The summed E-state index contributed by atoms with van der Waals surface area (Å²) in [4.78, 5) is 13.4. The second-order valence-electron chi connectivity index (χ2n) is 5.31. The Kier molecular flexibility index (Phi) is 4.53. The number of nitrogens with one attached hydrogen (secondary N) is 1. The summed E-state index contributed by atoms with van der Waals surface area (Å²) in [5, 5.41) is 3.33. The maximum absolute atomic E-state index is 13.4. The van der Waals surface area contributed by atoms with Crippen LogP contribution in [0.3, 0.4) is 0 Å². The van der Waals surface area contributed by atoms with E-state index in [1.165, 1.54) is 0 Å². The van der Waals surface area contributed by atoms with Crippen LogP contribution in [0, 0.1) is 12.7 Å². The van der Waals surface area contributed by atoms with E-state index in [0.717, 1.165) is 25.1 Å². The summed E-state index contributed by atoms with van der Waals surface area (Å²) >= 11 is 0. The van der Waals surface area contributed by atoms with Gasteiger partial charge in [-0.1, -0.05) is 12.1 Å². The summed E-state index contributed by atoms with van der Waals surface area (Å²) < 4.78 is 13.4. The third-order valence-electron chi connectivity index (χ3n) is 3.56. The lowest BCUT2D eigenvalue weighted by Gasteiger charge is -2.21. The maximum atomic E-state index is 13.4. The smallest absolute Gasteiger partial charge is 0.222 e. The molecule has 4 heteroatoms.